The molecule has 13 heteroatoms. The van der Waals surface area contributed by atoms with Crippen molar-refractivity contribution in [2.24, 2.45) is 4.99 Å². The molecule has 0 unspecified atom stereocenters. The molecule has 0 saturated carbocycles. The van der Waals surface area contributed by atoms with Gasteiger partial charge in [0, 0.05) is 17.3 Å². The minimum atomic E-state index is -4.41. The Kier molecular flexibility index (Phi) is 7.92. The molecule has 0 atom stereocenters. The van der Waals surface area contributed by atoms with Crippen LogP contribution < -0.4 is 5.32 Å². The van der Waals surface area contributed by atoms with Gasteiger partial charge in [-0.25, -0.2) is 18.9 Å². The Morgan fingerprint density at radius 3 is 2.85 bits per heavy atom. The molecule has 0 amide bonds. The molecule has 2 aromatic heterocycles. The largest absolute Gasteiger partial charge is 0.462 e. The van der Waals surface area contributed by atoms with Crippen LogP contribution in [0.1, 0.15) is 17.3 Å². The minimum absolute atomic E-state index is 0.0224. The topological polar surface area (TPSA) is 81.4 Å². The Hall–Kier alpha value is -3.12. The van der Waals surface area contributed by atoms with Gasteiger partial charge in [-0.15, -0.1) is 16.9 Å². The van der Waals surface area contributed by atoms with Crippen molar-refractivity contribution >= 4 is 47.2 Å². The van der Waals surface area contributed by atoms with Crippen molar-refractivity contribution in [1.82, 2.24) is 14.8 Å². The lowest BCUT2D eigenvalue weighted by Gasteiger charge is -2.10. The third kappa shape index (κ3) is 6.68. The average molecular weight is 502 g/mol. The summed E-state index contributed by atoms with van der Waals surface area (Å²) in [6.07, 6.45) is 1.16. The highest BCUT2D eigenvalue weighted by atomic mass is 35.5. The van der Waals surface area contributed by atoms with Crippen LogP contribution in [-0.2, 0) is 4.74 Å². The molecule has 0 aliphatic carbocycles. The van der Waals surface area contributed by atoms with Crippen LogP contribution >= 0.6 is 23.4 Å². The van der Waals surface area contributed by atoms with Gasteiger partial charge in [0.05, 0.1) is 41.3 Å². The highest BCUT2D eigenvalue weighted by Gasteiger charge is 2.28. The Bertz CT molecular complexity index is 1160. The molecule has 3 aromatic rings. The summed E-state index contributed by atoms with van der Waals surface area (Å²) >= 11 is 6.28. The second kappa shape index (κ2) is 10.7. The SMILES string of the molecule is CCOC(=O)c1cn(-c2cccnc2)nc1N=CNc1cc(SCC(F)(F)F)c(Cl)cc1F. The van der Waals surface area contributed by atoms with Gasteiger partial charge < -0.3 is 10.1 Å². The molecule has 0 saturated heterocycles. The molecule has 174 valence electrons. The lowest BCUT2D eigenvalue weighted by molar-refractivity contribution is -0.105. The number of rotatable bonds is 8. The van der Waals surface area contributed by atoms with Crippen molar-refractivity contribution < 1.29 is 27.1 Å². The first-order valence-corrected chi connectivity index (χ1v) is 10.7. The van der Waals surface area contributed by atoms with Gasteiger partial charge in [0.2, 0.25) is 0 Å². The fourth-order valence-electron chi connectivity index (χ4n) is 2.51. The first-order chi connectivity index (χ1) is 15.7. The van der Waals surface area contributed by atoms with E-state index in [1.807, 2.05) is 0 Å². The number of alkyl halides is 3. The van der Waals surface area contributed by atoms with E-state index in [1.54, 1.807) is 25.3 Å². The van der Waals surface area contributed by atoms with E-state index >= 15 is 0 Å². The molecular formula is C20H16ClF4N5O2S. The fraction of sp³-hybridized carbons (Fsp3) is 0.200. The first-order valence-electron chi connectivity index (χ1n) is 9.32. The zero-order valence-electron chi connectivity index (χ0n) is 16.9. The average Bonchev–Trinajstić information content (AvgIpc) is 3.19. The number of pyridine rings is 1. The number of ether oxygens (including phenoxy) is 1. The number of aromatic nitrogens is 3. The van der Waals surface area contributed by atoms with Gasteiger partial charge in [-0.3, -0.25) is 4.98 Å². The molecule has 7 nitrogen and oxygen atoms in total. The molecule has 0 aliphatic heterocycles. The number of anilines is 1. The van der Waals surface area contributed by atoms with E-state index in [-0.39, 0.29) is 33.6 Å². The summed E-state index contributed by atoms with van der Waals surface area (Å²) in [6.45, 7) is 1.78. The van der Waals surface area contributed by atoms with Gasteiger partial charge in [0.25, 0.3) is 0 Å². The highest BCUT2D eigenvalue weighted by Crippen LogP contribution is 2.35. The summed E-state index contributed by atoms with van der Waals surface area (Å²) in [5, 5.41) is 6.61. The van der Waals surface area contributed by atoms with Crippen LogP contribution in [0.15, 0.2) is 52.7 Å². The maximum absolute atomic E-state index is 14.2. The minimum Gasteiger partial charge on any atom is -0.462 e. The van der Waals surface area contributed by atoms with Crippen LogP contribution in [0, 0.1) is 5.82 Å². The van der Waals surface area contributed by atoms with Gasteiger partial charge in [-0.1, -0.05) is 11.6 Å². The zero-order valence-corrected chi connectivity index (χ0v) is 18.5. The number of benzene rings is 1. The third-order valence-electron chi connectivity index (χ3n) is 3.92. The van der Waals surface area contributed by atoms with E-state index in [4.69, 9.17) is 16.3 Å². The predicted molar refractivity (Wildman–Crippen MR) is 117 cm³/mol. The van der Waals surface area contributed by atoms with Gasteiger partial charge >= 0.3 is 12.1 Å². The van der Waals surface area contributed by atoms with E-state index in [2.05, 4.69) is 20.4 Å². The van der Waals surface area contributed by atoms with Crippen molar-refractivity contribution in [3.05, 3.63) is 59.3 Å². The van der Waals surface area contributed by atoms with E-state index in [0.29, 0.717) is 17.4 Å². The van der Waals surface area contributed by atoms with E-state index in [9.17, 15) is 22.4 Å². The highest BCUT2D eigenvalue weighted by molar-refractivity contribution is 7.99. The Balaban J connectivity index is 1.84. The maximum atomic E-state index is 14.2. The molecule has 0 aliphatic rings. The Labute approximate surface area is 194 Å². The third-order valence-corrected chi connectivity index (χ3v) is 5.47. The zero-order chi connectivity index (χ0) is 24.0. The number of aliphatic imine (C=N–C) groups is 1. The van der Waals surface area contributed by atoms with Crippen LogP contribution in [-0.4, -0.2) is 45.6 Å². The maximum Gasteiger partial charge on any atom is 0.398 e. The van der Waals surface area contributed by atoms with Crippen molar-refractivity contribution in [3.63, 3.8) is 0 Å². The second-order valence-corrected chi connectivity index (χ2v) is 7.74. The Morgan fingerprint density at radius 1 is 1.39 bits per heavy atom. The van der Waals surface area contributed by atoms with Crippen molar-refractivity contribution in [1.29, 1.82) is 0 Å². The van der Waals surface area contributed by atoms with Gasteiger partial charge in [-0.05, 0) is 31.2 Å². The van der Waals surface area contributed by atoms with E-state index < -0.39 is 23.7 Å². The molecule has 0 spiro atoms. The van der Waals surface area contributed by atoms with Crippen LogP contribution in [0.2, 0.25) is 5.02 Å². The summed E-state index contributed by atoms with van der Waals surface area (Å²) in [5.74, 6) is -2.66. The Morgan fingerprint density at radius 2 is 2.18 bits per heavy atom. The van der Waals surface area contributed by atoms with Crippen molar-refractivity contribution in [3.8, 4) is 5.69 Å². The van der Waals surface area contributed by atoms with Gasteiger partial charge in [0.15, 0.2) is 5.82 Å². The summed E-state index contributed by atoms with van der Waals surface area (Å²) in [7, 11) is 0. The van der Waals surface area contributed by atoms with Gasteiger partial charge in [-0.2, -0.15) is 13.2 Å². The molecular weight excluding hydrogens is 486 g/mol. The van der Waals surface area contributed by atoms with Gasteiger partial charge in [0.1, 0.15) is 11.4 Å². The monoisotopic (exact) mass is 501 g/mol. The number of carbonyl (C=O) groups excluding carboxylic acids is 1. The molecule has 0 bridgehead atoms. The normalized spacial score (nSPS) is 11.7. The summed E-state index contributed by atoms with van der Waals surface area (Å²) in [4.78, 5) is 20.4. The van der Waals surface area contributed by atoms with E-state index in [0.717, 1.165) is 18.5 Å². The number of hydrogen-bond donors (Lipinski definition) is 1. The lowest BCUT2D eigenvalue weighted by atomic mass is 10.3. The number of thioether (sulfide) groups is 1. The molecule has 0 radical (unpaired) electrons. The van der Waals surface area contributed by atoms with Crippen LogP contribution in [0.4, 0.5) is 29.1 Å². The molecule has 3 rings (SSSR count). The molecule has 0 fully saturated rings. The standard InChI is InChI=1S/C20H16ClF4N5O2S/c1-2-32-19(31)13-9-30(12-4-3-5-26-8-12)29-18(13)28-11-27-16-7-17(14(21)6-15(16)22)33-10-20(23,24)25/h3-9,11H,2,10H2,1H3,(H,27,28,29). The van der Waals surface area contributed by atoms with Crippen LogP contribution in [0.5, 0.6) is 0 Å². The summed E-state index contributed by atoms with van der Waals surface area (Å²) in [5.41, 5.74) is 0.460. The molecule has 1 aromatic carbocycles. The number of hydrogen-bond acceptors (Lipinski definition) is 6. The molecule has 33 heavy (non-hydrogen) atoms. The van der Waals surface area contributed by atoms with Crippen LogP contribution in [0.3, 0.4) is 0 Å². The first kappa shape index (κ1) is 24.5. The van der Waals surface area contributed by atoms with Crippen LogP contribution in [0.25, 0.3) is 5.69 Å². The predicted octanol–water partition coefficient (Wildman–Crippen LogP) is 5.66. The number of nitrogens with one attached hydrogen (secondary N) is 1. The second-order valence-electron chi connectivity index (χ2n) is 6.31. The number of carbonyl (C=O) groups is 1. The molecule has 1 N–H and O–H groups in total. The van der Waals surface area contributed by atoms with Crippen molar-refractivity contribution in [2.75, 3.05) is 17.7 Å². The van der Waals surface area contributed by atoms with Crippen molar-refractivity contribution in [2.45, 2.75) is 18.0 Å². The summed E-state index contributed by atoms with van der Waals surface area (Å²) in [6, 6.07) is 5.44. The lowest BCUT2D eigenvalue weighted by Crippen LogP contribution is -2.10. The van der Waals surface area contributed by atoms with E-state index in [1.165, 1.54) is 17.1 Å². The number of esters is 1. The summed E-state index contributed by atoms with van der Waals surface area (Å²) < 4.78 is 58.1. The number of nitrogens with zero attached hydrogens (tertiary/aromatic N) is 4. The quantitative estimate of drug-likeness (QED) is 0.141. The number of halogens is 5. The molecule has 2 heterocycles. The smallest absolute Gasteiger partial charge is 0.398 e. The fourth-order valence-corrected chi connectivity index (χ4v) is 3.54.